The summed E-state index contributed by atoms with van der Waals surface area (Å²) in [6, 6.07) is 14.3. The van der Waals surface area contributed by atoms with Crippen molar-refractivity contribution >= 4 is 34.5 Å². The topological polar surface area (TPSA) is 35.2 Å². The SMILES string of the molecule is CCOc1ccc2ccccc2c1[C@@H](N)c1ccsc1.Cl. The summed E-state index contributed by atoms with van der Waals surface area (Å²) < 4.78 is 5.79. The fraction of sp³-hybridized carbons (Fsp3) is 0.176. The van der Waals surface area contributed by atoms with Crippen molar-refractivity contribution in [2.24, 2.45) is 5.73 Å². The molecule has 0 bridgehead atoms. The van der Waals surface area contributed by atoms with Crippen LogP contribution in [0.25, 0.3) is 10.8 Å². The summed E-state index contributed by atoms with van der Waals surface area (Å²) in [5, 5.41) is 6.51. The van der Waals surface area contributed by atoms with Gasteiger partial charge in [0.2, 0.25) is 0 Å². The molecule has 1 aromatic heterocycles. The first-order valence-electron chi connectivity index (χ1n) is 6.73. The van der Waals surface area contributed by atoms with Gasteiger partial charge in [0, 0.05) is 5.56 Å². The Morgan fingerprint density at radius 2 is 1.95 bits per heavy atom. The van der Waals surface area contributed by atoms with E-state index in [0.29, 0.717) is 6.61 Å². The number of ether oxygens (including phenoxy) is 1. The predicted molar refractivity (Wildman–Crippen MR) is 92.7 cm³/mol. The first-order valence-corrected chi connectivity index (χ1v) is 7.67. The molecule has 0 saturated carbocycles. The molecule has 0 aliphatic carbocycles. The zero-order valence-electron chi connectivity index (χ0n) is 11.8. The van der Waals surface area contributed by atoms with E-state index in [2.05, 4.69) is 35.0 Å². The average Bonchev–Trinajstić information content (AvgIpc) is 3.01. The molecule has 0 aliphatic heterocycles. The molecule has 4 heteroatoms. The normalized spacial score (nSPS) is 11.9. The highest BCUT2D eigenvalue weighted by molar-refractivity contribution is 7.08. The van der Waals surface area contributed by atoms with Crippen molar-refractivity contribution in [2.75, 3.05) is 6.61 Å². The molecule has 2 nitrogen and oxygen atoms in total. The third kappa shape index (κ3) is 3.05. The van der Waals surface area contributed by atoms with Crippen molar-refractivity contribution in [2.45, 2.75) is 13.0 Å². The van der Waals surface area contributed by atoms with Crippen LogP contribution in [0, 0.1) is 0 Å². The number of fused-ring (bicyclic) bond motifs is 1. The smallest absolute Gasteiger partial charge is 0.125 e. The second-order valence-corrected chi connectivity index (χ2v) is 5.45. The zero-order chi connectivity index (χ0) is 13.9. The van der Waals surface area contributed by atoms with Crippen LogP contribution < -0.4 is 10.5 Å². The fourth-order valence-corrected chi connectivity index (χ4v) is 3.19. The Labute approximate surface area is 135 Å². The van der Waals surface area contributed by atoms with Crippen molar-refractivity contribution in [3.05, 3.63) is 64.4 Å². The Hall–Kier alpha value is -1.55. The number of hydrogen-bond acceptors (Lipinski definition) is 3. The summed E-state index contributed by atoms with van der Waals surface area (Å²) in [6.45, 7) is 2.64. The van der Waals surface area contributed by atoms with Gasteiger partial charge in [-0.3, -0.25) is 0 Å². The molecular formula is C17H18ClNOS. The largest absolute Gasteiger partial charge is 0.493 e. The summed E-state index contributed by atoms with van der Waals surface area (Å²) in [6.07, 6.45) is 0. The Morgan fingerprint density at radius 1 is 1.14 bits per heavy atom. The van der Waals surface area contributed by atoms with Crippen LogP contribution in [0.15, 0.2) is 53.2 Å². The molecule has 21 heavy (non-hydrogen) atoms. The Bertz CT molecular complexity index is 712. The van der Waals surface area contributed by atoms with Gasteiger partial charge in [-0.25, -0.2) is 0 Å². The second kappa shape index (κ2) is 6.94. The third-order valence-electron chi connectivity index (χ3n) is 3.44. The lowest BCUT2D eigenvalue weighted by Gasteiger charge is -2.18. The molecule has 0 radical (unpaired) electrons. The number of rotatable bonds is 4. The maximum absolute atomic E-state index is 6.48. The number of benzene rings is 2. The summed E-state index contributed by atoms with van der Waals surface area (Å²) >= 11 is 1.67. The molecule has 0 aliphatic rings. The van der Waals surface area contributed by atoms with E-state index in [1.165, 1.54) is 5.39 Å². The quantitative estimate of drug-likeness (QED) is 0.751. The number of thiophene rings is 1. The van der Waals surface area contributed by atoms with Crippen LogP contribution in [-0.2, 0) is 0 Å². The minimum absolute atomic E-state index is 0. The van der Waals surface area contributed by atoms with Crippen LogP contribution in [0.4, 0.5) is 0 Å². The average molecular weight is 320 g/mol. The summed E-state index contributed by atoms with van der Waals surface area (Å²) in [4.78, 5) is 0. The van der Waals surface area contributed by atoms with Crippen molar-refractivity contribution in [1.82, 2.24) is 0 Å². The Balaban J connectivity index is 0.00000161. The van der Waals surface area contributed by atoms with Gasteiger partial charge in [0.15, 0.2) is 0 Å². The zero-order valence-corrected chi connectivity index (χ0v) is 13.4. The lowest BCUT2D eigenvalue weighted by atomic mass is 9.95. The molecule has 1 atom stereocenters. The molecule has 0 saturated heterocycles. The Morgan fingerprint density at radius 3 is 2.67 bits per heavy atom. The maximum Gasteiger partial charge on any atom is 0.125 e. The standard InChI is InChI=1S/C17H17NOS.ClH/c1-2-19-15-8-7-12-5-3-4-6-14(12)16(15)17(18)13-9-10-20-11-13;/h3-11,17H,2,18H2,1H3;1H/t17-;/m0./s1. The molecule has 0 spiro atoms. The van der Waals surface area contributed by atoms with E-state index in [0.717, 1.165) is 22.3 Å². The van der Waals surface area contributed by atoms with Gasteiger partial charge < -0.3 is 10.5 Å². The van der Waals surface area contributed by atoms with E-state index in [1.807, 2.05) is 25.1 Å². The molecule has 110 valence electrons. The van der Waals surface area contributed by atoms with E-state index in [9.17, 15) is 0 Å². The molecule has 2 aromatic carbocycles. The highest BCUT2D eigenvalue weighted by Gasteiger charge is 2.17. The molecular weight excluding hydrogens is 302 g/mol. The van der Waals surface area contributed by atoms with E-state index >= 15 is 0 Å². The summed E-state index contributed by atoms with van der Waals surface area (Å²) in [5.74, 6) is 0.880. The van der Waals surface area contributed by atoms with Gasteiger partial charge in [0.05, 0.1) is 12.6 Å². The van der Waals surface area contributed by atoms with E-state index in [1.54, 1.807) is 11.3 Å². The van der Waals surface area contributed by atoms with Crippen LogP contribution in [0.1, 0.15) is 24.1 Å². The predicted octanol–water partition coefficient (Wildman–Crippen LogP) is 4.77. The first kappa shape index (κ1) is 15.8. The van der Waals surface area contributed by atoms with Crippen LogP contribution >= 0.6 is 23.7 Å². The van der Waals surface area contributed by atoms with Gasteiger partial charge in [-0.15, -0.1) is 12.4 Å². The van der Waals surface area contributed by atoms with Gasteiger partial charge in [0.1, 0.15) is 5.75 Å². The highest BCUT2D eigenvalue weighted by Crippen LogP contribution is 2.35. The molecule has 0 fully saturated rings. The van der Waals surface area contributed by atoms with E-state index in [4.69, 9.17) is 10.5 Å². The molecule has 2 N–H and O–H groups in total. The summed E-state index contributed by atoms with van der Waals surface area (Å²) in [5.41, 5.74) is 8.69. The minimum Gasteiger partial charge on any atom is -0.493 e. The van der Waals surface area contributed by atoms with Crippen molar-refractivity contribution in [3.63, 3.8) is 0 Å². The minimum atomic E-state index is -0.158. The lowest BCUT2D eigenvalue weighted by Crippen LogP contribution is -2.13. The number of nitrogens with two attached hydrogens (primary N) is 1. The van der Waals surface area contributed by atoms with Gasteiger partial charge in [-0.05, 0) is 46.2 Å². The first-order chi connectivity index (χ1) is 9.81. The highest BCUT2D eigenvalue weighted by atomic mass is 35.5. The van der Waals surface area contributed by atoms with E-state index in [-0.39, 0.29) is 18.4 Å². The number of hydrogen-bond donors (Lipinski definition) is 1. The molecule has 0 unspecified atom stereocenters. The molecule has 3 aromatic rings. The molecule has 1 heterocycles. The number of halogens is 1. The van der Waals surface area contributed by atoms with Gasteiger partial charge in [-0.1, -0.05) is 30.3 Å². The van der Waals surface area contributed by atoms with Gasteiger partial charge in [-0.2, -0.15) is 11.3 Å². The Kier molecular flexibility index (Phi) is 5.23. The summed E-state index contributed by atoms with van der Waals surface area (Å²) in [7, 11) is 0. The maximum atomic E-state index is 6.48. The van der Waals surface area contributed by atoms with Crippen molar-refractivity contribution in [3.8, 4) is 5.75 Å². The van der Waals surface area contributed by atoms with Gasteiger partial charge in [0.25, 0.3) is 0 Å². The molecule has 3 rings (SSSR count). The van der Waals surface area contributed by atoms with Crippen LogP contribution in [0.2, 0.25) is 0 Å². The van der Waals surface area contributed by atoms with Crippen molar-refractivity contribution in [1.29, 1.82) is 0 Å². The lowest BCUT2D eigenvalue weighted by molar-refractivity contribution is 0.336. The van der Waals surface area contributed by atoms with Gasteiger partial charge >= 0.3 is 0 Å². The van der Waals surface area contributed by atoms with E-state index < -0.39 is 0 Å². The van der Waals surface area contributed by atoms with Crippen LogP contribution in [0.5, 0.6) is 5.75 Å². The van der Waals surface area contributed by atoms with Crippen LogP contribution in [-0.4, -0.2) is 6.61 Å². The van der Waals surface area contributed by atoms with Crippen LogP contribution in [0.3, 0.4) is 0 Å². The monoisotopic (exact) mass is 319 g/mol. The third-order valence-corrected chi connectivity index (χ3v) is 4.15. The second-order valence-electron chi connectivity index (χ2n) is 4.67. The van der Waals surface area contributed by atoms with Crippen molar-refractivity contribution < 1.29 is 4.74 Å². The fourth-order valence-electron chi connectivity index (χ4n) is 2.50. The molecule has 0 amide bonds.